The number of aromatic nitrogens is 1. The second-order valence-corrected chi connectivity index (χ2v) is 3.67. The van der Waals surface area contributed by atoms with E-state index in [4.69, 9.17) is 9.84 Å². The molecular formula is C9H8BrF2NO3. The minimum atomic E-state index is -2.76. The van der Waals surface area contributed by atoms with Crippen molar-refractivity contribution in [2.45, 2.75) is 12.8 Å². The van der Waals surface area contributed by atoms with Crippen LogP contribution in [0.5, 0.6) is 5.75 Å². The number of aliphatic carboxylic acids is 1. The summed E-state index contributed by atoms with van der Waals surface area (Å²) in [5.41, 5.74) is -0.336. The maximum atomic E-state index is 12.7. The average Bonchev–Trinajstić information content (AvgIpc) is 2.19. The zero-order valence-electron chi connectivity index (χ0n) is 8.21. The molecule has 1 aromatic rings. The Kier molecular flexibility index (Phi) is 4.17. The SMILES string of the molecule is COc1cnc(CC(=O)O)c(Br)c1C(F)F. The van der Waals surface area contributed by atoms with Crippen LogP contribution in [0.2, 0.25) is 0 Å². The monoisotopic (exact) mass is 295 g/mol. The number of pyridine rings is 1. The molecule has 0 saturated heterocycles. The first-order chi connectivity index (χ1) is 7.47. The second-order valence-electron chi connectivity index (χ2n) is 2.87. The highest BCUT2D eigenvalue weighted by molar-refractivity contribution is 9.10. The van der Waals surface area contributed by atoms with Crippen LogP contribution in [0.4, 0.5) is 8.78 Å². The fourth-order valence-electron chi connectivity index (χ4n) is 1.16. The van der Waals surface area contributed by atoms with Gasteiger partial charge in [0.15, 0.2) is 0 Å². The topological polar surface area (TPSA) is 59.4 Å². The molecule has 1 heterocycles. The molecule has 0 unspecified atom stereocenters. The van der Waals surface area contributed by atoms with E-state index < -0.39 is 18.8 Å². The molecule has 0 amide bonds. The lowest BCUT2D eigenvalue weighted by molar-refractivity contribution is -0.136. The molecule has 0 aliphatic heterocycles. The van der Waals surface area contributed by atoms with Gasteiger partial charge in [-0.25, -0.2) is 8.78 Å². The molecule has 0 bridgehead atoms. The molecular weight excluding hydrogens is 288 g/mol. The quantitative estimate of drug-likeness (QED) is 0.927. The number of carboxylic acids is 1. The van der Waals surface area contributed by atoms with E-state index in [9.17, 15) is 13.6 Å². The van der Waals surface area contributed by atoms with E-state index in [1.165, 1.54) is 7.11 Å². The van der Waals surface area contributed by atoms with Gasteiger partial charge in [-0.2, -0.15) is 0 Å². The summed E-state index contributed by atoms with van der Waals surface area (Å²) >= 11 is 2.92. The van der Waals surface area contributed by atoms with Crippen molar-refractivity contribution in [3.8, 4) is 5.75 Å². The molecule has 0 aromatic carbocycles. The molecule has 7 heteroatoms. The minimum absolute atomic E-state index is 0.0238. The molecule has 0 spiro atoms. The standard InChI is InChI=1S/C9H8BrF2NO3/c1-16-5-3-13-4(2-6(14)15)8(10)7(5)9(11)12/h3,9H,2H2,1H3,(H,14,15). The van der Waals surface area contributed by atoms with Gasteiger partial charge in [0.1, 0.15) is 5.75 Å². The smallest absolute Gasteiger partial charge is 0.309 e. The molecule has 0 saturated carbocycles. The van der Waals surface area contributed by atoms with Gasteiger partial charge < -0.3 is 9.84 Å². The Bertz CT molecular complexity index is 412. The number of methoxy groups -OCH3 is 1. The summed E-state index contributed by atoms with van der Waals surface area (Å²) in [6.07, 6.45) is -2.10. The number of nitrogens with zero attached hydrogens (tertiary/aromatic N) is 1. The summed E-state index contributed by atoms with van der Waals surface area (Å²) in [6.45, 7) is 0. The fraction of sp³-hybridized carbons (Fsp3) is 0.333. The maximum absolute atomic E-state index is 12.7. The number of carboxylic acid groups (broad SMARTS) is 1. The lowest BCUT2D eigenvalue weighted by Crippen LogP contribution is -2.06. The Balaban J connectivity index is 3.26. The largest absolute Gasteiger partial charge is 0.495 e. The Labute approximate surface area is 98.4 Å². The van der Waals surface area contributed by atoms with E-state index in [0.29, 0.717) is 0 Å². The van der Waals surface area contributed by atoms with Gasteiger partial charge in [0.2, 0.25) is 0 Å². The Morgan fingerprint density at radius 1 is 1.69 bits per heavy atom. The maximum Gasteiger partial charge on any atom is 0.309 e. The molecule has 88 valence electrons. The molecule has 0 aliphatic rings. The molecule has 0 radical (unpaired) electrons. The van der Waals surface area contributed by atoms with Crippen LogP contribution in [0.3, 0.4) is 0 Å². The first-order valence-electron chi connectivity index (χ1n) is 4.18. The highest BCUT2D eigenvalue weighted by Gasteiger charge is 2.22. The van der Waals surface area contributed by atoms with Gasteiger partial charge in [0, 0.05) is 0 Å². The van der Waals surface area contributed by atoms with Crippen LogP contribution in [0, 0.1) is 0 Å². The third-order valence-electron chi connectivity index (χ3n) is 1.85. The van der Waals surface area contributed by atoms with E-state index in [1.807, 2.05) is 0 Å². The van der Waals surface area contributed by atoms with Crippen molar-refractivity contribution >= 4 is 21.9 Å². The van der Waals surface area contributed by atoms with Crippen molar-refractivity contribution in [1.82, 2.24) is 4.98 Å². The summed E-state index contributed by atoms with van der Waals surface area (Å²) in [6, 6.07) is 0. The molecule has 16 heavy (non-hydrogen) atoms. The number of hydrogen-bond acceptors (Lipinski definition) is 3. The van der Waals surface area contributed by atoms with E-state index in [-0.39, 0.29) is 21.5 Å². The number of carbonyl (C=O) groups is 1. The first kappa shape index (κ1) is 12.8. The van der Waals surface area contributed by atoms with Gasteiger partial charge in [0.25, 0.3) is 6.43 Å². The van der Waals surface area contributed by atoms with Crippen molar-refractivity contribution in [3.63, 3.8) is 0 Å². The van der Waals surface area contributed by atoms with Crippen LogP contribution in [0.1, 0.15) is 17.7 Å². The zero-order valence-corrected chi connectivity index (χ0v) is 9.79. The van der Waals surface area contributed by atoms with Crippen LogP contribution in [0.25, 0.3) is 0 Å². The highest BCUT2D eigenvalue weighted by Crippen LogP contribution is 2.36. The van der Waals surface area contributed by atoms with Gasteiger partial charge in [-0.3, -0.25) is 9.78 Å². The lowest BCUT2D eigenvalue weighted by atomic mass is 10.2. The summed E-state index contributed by atoms with van der Waals surface area (Å²) in [5.74, 6) is -1.21. The van der Waals surface area contributed by atoms with Crippen LogP contribution in [-0.2, 0) is 11.2 Å². The van der Waals surface area contributed by atoms with Crippen LogP contribution >= 0.6 is 15.9 Å². The molecule has 4 nitrogen and oxygen atoms in total. The number of alkyl halides is 2. The minimum Gasteiger partial charge on any atom is -0.495 e. The van der Waals surface area contributed by atoms with Crippen LogP contribution < -0.4 is 4.74 Å². The lowest BCUT2D eigenvalue weighted by Gasteiger charge is -2.11. The van der Waals surface area contributed by atoms with Crippen molar-refractivity contribution in [1.29, 1.82) is 0 Å². The normalized spacial score (nSPS) is 10.6. The van der Waals surface area contributed by atoms with E-state index >= 15 is 0 Å². The van der Waals surface area contributed by atoms with Gasteiger partial charge in [-0.1, -0.05) is 0 Å². The second kappa shape index (κ2) is 5.20. The van der Waals surface area contributed by atoms with Crippen LogP contribution in [-0.4, -0.2) is 23.2 Å². The zero-order chi connectivity index (χ0) is 12.3. The Morgan fingerprint density at radius 3 is 2.75 bits per heavy atom. The number of ether oxygens (including phenoxy) is 1. The van der Waals surface area contributed by atoms with Gasteiger partial charge in [-0.05, 0) is 15.9 Å². The Hall–Kier alpha value is -1.24. The molecule has 0 fully saturated rings. The number of halogens is 3. The van der Waals surface area contributed by atoms with Gasteiger partial charge in [0.05, 0.1) is 35.5 Å². The Morgan fingerprint density at radius 2 is 2.31 bits per heavy atom. The summed E-state index contributed by atoms with van der Waals surface area (Å²) in [7, 11) is 1.24. The van der Waals surface area contributed by atoms with Gasteiger partial charge in [-0.15, -0.1) is 0 Å². The highest BCUT2D eigenvalue weighted by atomic mass is 79.9. The van der Waals surface area contributed by atoms with E-state index in [1.54, 1.807) is 0 Å². The predicted octanol–water partition coefficient (Wildman–Crippen LogP) is 2.42. The summed E-state index contributed by atoms with van der Waals surface area (Å²) in [4.78, 5) is 14.2. The van der Waals surface area contributed by atoms with Crippen LogP contribution in [0.15, 0.2) is 10.7 Å². The van der Waals surface area contributed by atoms with Crippen molar-refractivity contribution in [2.75, 3.05) is 7.11 Å². The van der Waals surface area contributed by atoms with Gasteiger partial charge >= 0.3 is 5.97 Å². The summed E-state index contributed by atoms with van der Waals surface area (Å²) < 4.78 is 30.1. The van der Waals surface area contributed by atoms with E-state index in [2.05, 4.69) is 20.9 Å². The van der Waals surface area contributed by atoms with Crippen molar-refractivity contribution in [2.24, 2.45) is 0 Å². The number of rotatable bonds is 4. The van der Waals surface area contributed by atoms with Crippen molar-refractivity contribution < 1.29 is 23.4 Å². The first-order valence-corrected chi connectivity index (χ1v) is 4.97. The number of hydrogen-bond donors (Lipinski definition) is 1. The molecule has 1 rings (SSSR count). The van der Waals surface area contributed by atoms with E-state index in [0.717, 1.165) is 6.20 Å². The molecule has 1 aromatic heterocycles. The molecule has 0 aliphatic carbocycles. The third kappa shape index (κ3) is 2.66. The predicted molar refractivity (Wildman–Crippen MR) is 54.8 cm³/mol. The average molecular weight is 296 g/mol. The molecule has 0 atom stereocenters. The third-order valence-corrected chi connectivity index (χ3v) is 2.73. The molecule has 1 N–H and O–H groups in total. The van der Waals surface area contributed by atoms with Crippen molar-refractivity contribution in [3.05, 3.63) is 21.9 Å². The fourth-order valence-corrected chi connectivity index (χ4v) is 1.77. The summed E-state index contributed by atoms with van der Waals surface area (Å²) in [5, 5.41) is 8.57.